The number of carbonyl (C=O) groups excluding carboxylic acids is 1. The number of hydrogen-bond acceptors (Lipinski definition) is 5. The fourth-order valence-corrected chi connectivity index (χ4v) is 2.62. The third-order valence-electron chi connectivity index (χ3n) is 2.68. The molecule has 0 aliphatic carbocycles. The van der Waals surface area contributed by atoms with E-state index in [0.29, 0.717) is 5.56 Å². The van der Waals surface area contributed by atoms with E-state index in [0.717, 1.165) is 10.1 Å². The molecule has 0 aliphatic rings. The third-order valence-corrected chi connectivity index (χ3v) is 3.56. The SMILES string of the molecule is CCOC(=O)C(O)C(O)c1cccc2sccc12. The molecule has 2 N–H and O–H groups in total. The quantitative estimate of drug-likeness (QED) is 0.829. The molecular formula is C13H14O4S. The van der Waals surface area contributed by atoms with Gasteiger partial charge in [-0.25, -0.2) is 4.79 Å². The molecule has 0 fully saturated rings. The Hall–Kier alpha value is -1.43. The van der Waals surface area contributed by atoms with Gasteiger partial charge in [0, 0.05) is 4.70 Å². The number of carbonyl (C=O) groups is 1. The van der Waals surface area contributed by atoms with Gasteiger partial charge in [0.25, 0.3) is 0 Å². The van der Waals surface area contributed by atoms with Gasteiger partial charge in [0.05, 0.1) is 6.61 Å². The van der Waals surface area contributed by atoms with Crippen LogP contribution in [0, 0.1) is 0 Å². The standard InChI is InChI=1S/C13H14O4S/c1-2-17-13(16)12(15)11(14)9-4-3-5-10-8(9)6-7-18-10/h3-7,11-12,14-15H,2H2,1H3. The Bertz CT molecular complexity index is 549. The topological polar surface area (TPSA) is 66.8 Å². The summed E-state index contributed by atoms with van der Waals surface area (Å²) in [6.07, 6.45) is -2.84. The molecule has 2 unspecified atom stereocenters. The van der Waals surface area contributed by atoms with Gasteiger partial charge in [-0.3, -0.25) is 0 Å². The minimum atomic E-state index is -1.56. The molecule has 5 heteroatoms. The highest BCUT2D eigenvalue weighted by Crippen LogP contribution is 2.29. The van der Waals surface area contributed by atoms with Crippen molar-refractivity contribution in [3.05, 3.63) is 35.2 Å². The van der Waals surface area contributed by atoms with Gasteiger partial charge < -0.3 is 14.9 Å². The number of aliphatic hydroxyl groups is 2. The molecule has 18 heavy (non-hydrogen) atoms. The van der Waals surface area contributed by atoms with Crippen molar-refractivity contribution < 1.29 is 19.7 Å². The summed E-state index contributed by atoms with van der Waals surface area (Å²) in [4.78, 5) is 11.4. The van der Waals surface area contributed by atoms with Gasteiger partial charge >= 0.3 is 5.97 Å². The van der Waals surface area contributed by atoms with Gasteiger partial charge in [0.2, 0.25) is 0 Å². The summed E-state index contributed by atoms with van der Waals surface area (Å²) in [5, 5.41) is 22.5. The molecule has 2 atom stereocenters. The molecule has 1 heterocycles. The highest BCUT2D eigenvalue weighted by Gasteiger charge is 2.28. The number of esters is 1. The maximum absolute atomic E-state index is 11.4. The predicted octanol–water partition coefficient (Wildman–Crippen LogP) is 1.86. The highest BCUT2D eigenvalue weighted by atomic mass is 32.1. The molecule has 0 saturated carbocycles. The van der Waals surface area contributed by atoms with Crippen LogP contribution < -0.4 is 0 Å². The van der Waals surface area contributed by atoms with E-state index >= 15 is 0 Å². The lowest BCUT2D eigenvalue weighted by Gasteiger charge is -2.17. The molecule has 0 spiro atoms. The van der Waals surface area contributed by atoms with Crippen molar-refractivity contribution >= 4 is 27.4 Å². The maximum Gasteiger partial charge on any atom is 0.338 e. The first-order chi connectivity index (χ1) is 8.65. The van der Waals surface area contributed by atoms with E-state index in [9.17, 15) is 15.0 Å². The van der Waals surface area contributed by atoms with Gasteiger partial charge in [0.1, 0.15) is 6.10 Å². The minimum Gasteiger partial charge on any atom is -0.464 e. The lowest BCUT2D eigenvalue weighted by molar-refractivity contribution is -0.159. The largest absolute Gasteiger partial charge is 0.464 e. The summed E-state index contributed by atoms with van der Waals surface area (Å²) in [6.45, 7) is 1.82. The summed E-state index contributed by atoms with van der Waals surface area (Å²) >= 11 is 1.54. The zero-order chi connectivity index (χ0) is 13.1. The molecule has 0 amide bonds. The van der Waals surface area contributed by atoms with Crippen LogP contribution >= 0.6 is 11.3 Å². The zero-order valence-corrected chi connectivity index (χ0v) is 10.7. The van der Waals surface area contributed by atoms with Gasteiger partial charge in [-0.1, -0.05) is 12.1 Å². The van der Waals surface area contributed by atoms with Crippen LogP contribution in [0.5, 0.6) is 0 Å². The first-order valence-electron chi connectivity index (χ1n) is 5.64. The Morgan fingerprint density at radius 2 is 2.17 bits per heavy atom. The molecule has 0 bridgehead atoms. The number of benzene rings is 1. The Kier molecular flexibility index (Phi) is 3.96. The Labute approximate surface area is 108 Å². The number of thiophene rings is 1. The van der Waals surface area contributed by atoms with E-state index < -0.39 is 18.2 Å². The summed E-state index contributed by atoms with van der Waals surface area (Å²) in [6, 6.07) is 7.26. The summed E-state index contributed by atoms with van der Waals surface area (Å²) in [7, 11) is 0. The Morgan fingerprint density at radius 1 is 1.39 bits per heavy atom. The minimum absolute atomic E-state index is 0.172. The molecule has 2 rings (SSSR count). The third kappa shape index (κ3) is 2.38. The molecule has 4 nitrogen and oxygen atoms in total. The van der Waals surface area contributed by atoms with E-state index in [2.05, 4.69) is 0 Å². The molecule has 2 aromatic rings. The number of fused-ring (bicyclic) bond motifs is 1. The summed E-state index contributed by atoms with van der Waals surface area (Å²) in [5.74, 6) is -0.808. The number of rotatable bonds is 4. The monoisotopic (exact) mass is 266 g/mol. The Balaban J connectivity index is 2.30. The molecule has 1 aromatic heterocycles. The smallest absolute Gasteiger partial charge is 0.338 e. The molecule has 0 aliphatic heterocycles. The van der Waals surface area contributed by atoms with Crippen molar-refractivity contribution in [3.8, 4) is 0 Å². The molecule has 0 radical (unpaired) electrons. The fraction of sp³-hybridized carbons (Fsp3) is 0.308. The van der Waals surface area contributed by atoms with E-state index in [1.54, 1.807) is 30.4 Å². The van der Waals surface area contributed by atoms with Crippen molar-refractivity contribution in [1.29, 1.82) is 0 Å². The maximum atomic E-state index is 11.4. The molecule has 96 valence electrons. The average molecular weight is 266 g/mol. The predicted molar refractivity (Wildman–Crippen MR) is 69.4 cm³/mol. The first-order valence-corrected chi connectivity index (χ1v) is 6.52. The van der Waals surface area contributed by atoms with E-state index in [-0.39, 0.29) is 6.61 Å². The number of hydrogen-bond donors (Lipinski definition) is 2. The Morgan fingerprint density at radius 3 is 2.89 bits per heavy atom. The normalized spacial score (nSPS) is 14.4. The number of aliphatic hydroxyl groups excluding tert-OH is 2. The van der Waals surface area contributed by atoms with E-state index in [1.807, 2.05) is 17.5 Å². The van der Waals surface area contributed by atoms with Crippen LogP contribution in [0.1, 0.15) is 18.6 Å². The van der Waals surface area contributed by atoms with Gasteiger partial charge in [-0.05, 0) is 35.4 Å². The van der Waals surface area contributed by atoms with Crippen LogP contribution in [-0.2, 0) is 9.53 Å². The van der Waals surface area contributed by atoms with Crippen LogP contribution in [0.4, 0.5) is 0 Å². The van der Waals surface area contributed by atoms with Gasteiger partial charge in [-0.2, -0.15) is 0 Å². The fourth-order valence-electron chi connectivity index (χ4n) is 1.80. The average Bonchev–Trinajstić information content (AvgIpc) is 2.85. The van der Waals surface area contributed by atoms with E-state index in [1.165, 1.54) is 0 Å². The number of ether oxygens (including phenoxy) is 1. The van der Waals surface area contributed by atoms with Gasteiger partial charge in [0.15, 0.2) is 6.10 Å². The highest BCUT2D eigenvalue weighted by molar-refractivity contribution is 7.17. The van der Waals surface area contributed by atoms with Crippen molar-refractivity contribution in [2.45, 2.75) is 19.1 Å². The van der Waals surface area contributed by atoms with Crippen molar-refractivity contribution in [2.75, 3.05) is 6.61 Å². The second kappa shape index (κ2) is 5.48. The first kappa shape index (κ1) is 13.0. The van der Waals surface area contributed by atoms with Crippen LogP contribution in [0.15, 0.2) is 29.6 Å². The molecule has 1 aromatic carbocycles. The van der Waals surface area contributed by atoms with Crippen LogP contribution in [-0.4, -0.2) is 28.9 Å². The lowest BCUT2D eigenvalue weighted by Crippen LogP contribution is -2.29. The molecular weight excluding hydrogens is 252 g/mol. The van der Waals surface area contributed by atoms with Crippen molar-refractivity contribution in [2.24, 2.45) is 0 Å². The van der Waals surface area contributed by atoms with Crippen molar-refractivity contribution in [1.82, 2.24) is 0 Å². The molecule has 0 saturated heterocycles. The van der Waals surface area contributed by atoms with Crippen LogP contribution in [0.25, 0.3) is 10.1 Å². The second-order valence-electron chi connectivity index (χ2n) is 3.82. The second-order valence-corrected chi connectivity index (χ2v) is 4.77. The zero-order valence-electron chi connectivity index (χ0n) is 9.87. The summed E-state index contributed by atoms with van der Waals surface area (Å²) < 4.78 is 5.70. The van der Waals surface area contributed by atoms with Crippen LogP contribution in [0.2, 0.25) is 0 Å². The summed E-state index contributed by atoms with van der Waals surface area (Å²) in [5.41, 5.74) is 0.536. The van der Waals surface area contributed by atoms with E-state index in [4.69, 9.17) is 4.74 Å². The van der Waals surface area contributed by atoms with Crippen LogP contribution in [0.3, 0.4) is 0 Å². The lowest BCUT2D eigenvalue weighted by atomic mass is 10.0. The van der Waals surface area contributed by atoms with Crippen molar-refractivity contribution in [3.63, 3.8) is 0 Å². The van der Waals surface area contributed by atoms with Gasteiger partial charge in [-0.15, -0.1) is 11.3 Å².